The first kappa shape index (κ1) is 34.1. The van der Waals surface area contributed by atoms with Gasteiger partial charge in [-0.1, -0.05) is 86.7 Å². The summed E-state index contributed by atoms with van der Waals surface area (Å²) in [5.74, 6) is -1.61. The van der Waals surface area contributed by atoms with Crippen molar-refractivity contribution in [3.63, 3.8) is 0 Å². The van der Waals surface area contributed by atoms with Crippen LogP contribution in [-0.4, -0.2) is 69.2 Å². The van der Waals surface area contributed by atoms with Crippen LogP contribution in [0.25, 0.3) is 11.8 Å². The van der Waals surface area contributed by atoms with Gasteiger partial charge in [-0.15, -0.1) is 11.3 Å². The third kappa shape index (κ3) is 9.40. The van der Waals surface area contributed by atoms with E-state index in [0.717, 1.165) is 57.2 Å². The summed E-state index contributed by atoms with van der Waals surface area (Å²) in [6, 6.07) is 29.3. The van der Waals surface area contributed by atoms with Gasteiger partial charge in [0.05, 0.1) is 23.9 Å². The number of aliphatic carboxylic acids is 2. The molecule has 4 aromatic rings. The topological polar surface area (TPSA) is 94.0 Å². The van der Waals surface area contributed by atoms with Crippen molar-refractivity contribution in [1.29, 1.82) is 0 Å². The van der Waals surface area contributed by atoms with E-state index < -0.39 is 11.9 Å². The standard InChI is InChI=1S/C35H39N3S.C4H6O4/c1-26(2)33-24-31-32(39-33)18-16-29-14-9-20-36-34(29)35(31)38-23-22-37(21-19-28-12-7-4-8-13-28)30(25-38)17-15-27-10-5-3-6-11-27;5-3(6)1-2-4(7)8/h3-14,16,20,24,26,30H,15,17-19,21-23,25H2,1-2H3;1-2H2,(H,5,6)(H,7,8). The highest BCUT2D eigenvalue weighted by Crippen LogP contribution is 2.35. The first-order valence-corrected chi connectivity index (χ1v) is 17.4. The molecule has 3 heterocycles. The van der Waals surface area contributed by atoms with Crippen molar-refractivity contribution in [1.82, 2.24) is 14.8 Å². The van der Waals surface area contributed by atoms with Crippen molar-refractivity contribution >= 4 is 35.0 Å². The first-order chi connectivity index (χ1) is 22.8. The Hall–Kier alpha value is -4.27. The Morgan fingerprint density at radius 1 is 0.894 bits per heavy atom. The molecule has 1 saturated heterocycles. The van der Waals surface area contributed by atoms with Crippen LogP contribution >= 0.6 is 11.3 Å². The zero-order chi connectivity index (χ0) is 33.2. The lowest BCUT2D eigenvalue weighted by atomic mass is 9.99. The summed E-state index contributed by atoms with van der Waals surface area (Å²) in [5.41, 5.74) is 5.63. The smallest absolute Gasteiger partial charge is 0.303 e. The lowest BCUT2D eigenvalue weighted by Gasteiger charge is -2.43. The number of piperazine rings is 1. The fourth-order valence-corrected chi connectivity index (χ4v) is 7.42. The second-order valence-corrected chi connectivity index (χ2v) is 13.7. The molecule has 2 aliphatic rings. The zero-order valence-electron chi connectivity index (χ0n) is 27.3. The lowest BCUT2D eigenvalue weighted by molar-refractivity contribution is -0.143. The van der Waals surface area contributed by atoms with Crippen LogP contribution in [-0.2, 0) is 28.9 Å². The molecule has 0 amide bonds. The maximum absolute atomic E-state index is 9.64. The maximum atomic E-state index is 9.64. The minimum absolute atomic E-state index is 0.296. The largest absolute Gasteiger partial charge is 0.481 e. The Morgan fingerprint density at radius 3 is 2.19 bits per heavy atom. The molecule has 2 aromatic heterocycles. The Balaban J connectivity index is 0.000000483. The zero-order valence-corrected chi connectivity index (χ0v) is 28.2. The Kier molecular flexibility index (Phi) is 12.0. The summed E-state index contributed by atoms with van der Waals surface area (Å²) >= 11 is 1.99. The third-order valence-corrected chi connectivity index (χ3v) is 10.3. The number of fused-ring (bicyclic) bond motifs is 2. The number of benzene rings is 2. The van der Waals surface area contributed by atoms with Crippen molar-refractivity contribution < 1.29 is 19.8 Å². The molecule has 6 rings (SSSR count). The van der Waals surface area contributed by atoms with Gasteiger partial charge in [0.25, 0.3) is 0 Å². The summed E-state index contributed by atoms with van der Waals surface area (Å²) < 4.78 is 0. The van der Waals surface area contributed by atoms with Crippen molar-refractivity contribution in [3.8, 4) is 0 Å². The molecule has 7 nitrogen and oxygen atoms in total. The van der Waals surface area contributed by atoms with Gasteiger partial charge in [0.2, 0.25) is 0 Å². The average Bonchev–Trinajstić information content (AvgIpc) is 3.44. The number of carbonyl (C=O) groups is 2. The molecular formula is C39H45N3O4S. The third-order valence-electron chi connectivity index (χ3n) is 8.84. The van der Waals surface area contributed by atoms with Gasteiger partial charge in [-0.25, -0.2) is 0 Å². The fraction of sp³-hybridized carbons (Fsp3) is 0.359. The molecule has 0 radical (unpaired) electrons. The second kappa shape index (κ2) is 16.5. The number of nitrogens with zero attached hydrogens (tertiary/aromatic N) is 3. The van der Waals surface area contributed by atoms with E-state index in [1.807, 2.05) is 17.5 Å². The summed E-state index contributed by atoms with van der Waals surface area (Å²) in [6.45, 7) is 8.89. The minimum Gasteiger partial charge on any atom is -0.481 e. The maximum Gasteiger partial charge on any atom is 0.303 e. The van der Waals surface area contributed by atoms with Gasteiger partial charge >= 0.3 is 11.9 Å². The molecule has 1 unspecified atom stereocenters. The van der Waals surface area contributed by atoms with E-state index in [0.29, 0.717) is 12.0 Å². The number of carboxylic acid groups (broad SMARTS) is 2. The molecule has 2 N–H and O–H groups in total. The summed E-state index contributed by atoms with van der Waals surface area (Å²) in [5, 5.41) is 18.2. The molecule has 1 aliphatic carbocycles. The molecule has 0 spiro atoms. The van der Waals surface area contributed by atoms with Crippen LogP contribution in [0.3, 0.4) is 0 Å². The van der Waals surface area contributed by atoms with Gasteiger partial charge in [0.1, 0.15) is 0 Å². The highest BCUT2D eigenvalue weighted by molar-refractivity contribution is 7.12. The number of pyridine rings is 1. The number of aromatic nitrogens is 1. The van der Waals surface area contributed by atoms with Crippen molar-refractivity contribution in [2.45, 2.75) is 64.3 Å². The molecule has 1 aliphatic heterocycles. The summed E-state index contributed by atoms with van der Waals surface area (Å²) in [7, 11) is 0. The highest BCUT2D eigenvalue weighted by Gasteiger charge is 2.30. The Labute approximate surface area is 281 Å². The van der Waals surface area contributed by atoms with E-state index in [4.69, 9.17) is 15.2 Å². The molecule has 1 atom stereocenters. The van der Waals surface area contributed by atoms with E-state index in [9.17, 15) is 9.59 Å². The number of hydrogen-bond acceptors (Lipinski definition) is 6. The first-order valence-electron chi connectivity index (χ1n) is 16.6. The monoisotopic (exact) mass is 651 g/mol. The lowest BCUT2D eigenvalue weighted by Crippen LogP contribution is -2.54. The molecule has 8 heteroatoms. The number of carboxylic acids is 2. The van der Waals surface area contributed by atoms with E-state index in [-0.39, 0.29) is 12.8 Å². The van der Waals surface area contributed by atoms with E-state index in [1.165, 1.54) is 37.4 Å². The SMILES string of the molecule is CC(C)c1cc2c(s1)CC=c1cccnc1=C2N1CCN(CCc2ccccc2)C(CCc2ccccc2)C1.O=C(O)CCC(=O)O. The average molecular weight is 652 g/mol. The van der Waals surface area contributed by atoms with Crippen LogP contribution in [0.1, 0.15) is 65.5 Å². The van der Waals surface area contributed by atoms with Crippen LogP contribution in [0.4, 0.5) is 0 Å². The number of aryl methyl sites for hydroxylation is 1. The minimum atomic E-state index is -1.08. The van der Waals surface area contributed by atoms with Crippen LogP contribution in [0.15, 0.2) is 85.1 Å². The molecule has 246 valence electrons. The van der Waals surface area contributed by atoms with Crippen LogP contribution in [0.5, 0.6) is 0 Å². The Bertz CT molecular complexity index is 1740. The van der Waals surface area contributed by atoms with Gasteiger partial charge in [0.15, 0.2) is 0 Å². The van der Waals surface area contributed by atoms with Gasteiger partial charge in [-0.2, -0.15) is 0 Å². The van der Waals surface area contributed by atoms with Crippen LogP contribution in [0.2, 0.25) is 0 Å². The fourth-order valence-electron chi connectivity index (χ4n) is 6.29. The number of hydrogen-bond donors (Lipinski definition) is 2. The molecule has 0 bridgehead atoms. The molecular weight excluding hydrogens is 607 g/mol. The molecule has 2 aromatic carbocycles. The predicted molar refractivity (Wildman–Crippen MR) is 189 cm³/mol. The van der Waals surface area contributed by atoms with E-state index >= 15 is 0 Å². The molecule has 47 heavy (non-hydrogen) atoms. The number of thiophene rings is 1. The van der Waals surface area contributed by atoms with Gasteiger partial charge in [-0.05, 0) is 53.7 Å². The summed E-state index contributed by atoms with van der Waals surface area (Å²) in [6.07, 6.45) is 8.13. The van der Waals surface area contributed by atoms with E-state index in [1.54, 1.807) is 0 Å². The van der Waals surface area contributed by atoms with Gasteiger partial charge < -0.3 is 15.1 Å². The van der Waals surface area contributed by atoms with Crippen molar-refractivity contribution in [2.24, 2.45) is 0 Å². The quantitative estimate of drug-likeness (QED) is 0.220. The summed E-state index contributed by atoms with van der Waals surface area (Å²) in [4.78, 5) is 32.7. The van der Waals surface area contributed by atoms with Gasteiger partial charge in [-0.3, -0.25) is 19.5 Å². The number of rotatable bonds is 11. The Morgan fingerprint density at radius 2 is 1.55 bits per heavy atom. The molecule has 1 fully saturated rings. The van der Waals surface area contributed by atoms with Crippen molar-refractivity contribution in [3.05, 3.63) is 122 Å². The van der Waals surface area contributed by atoms with E-state index in [2.05, 4.69) is 109 Å². The van der Waals surface area contributed by atoms with Crippen LogP contribution in [0, 0.1) is 0 Å². The van der Waals surface area contributed by atoms with Crippen LogP contribution < -0.4 is 10.6 Å². The molecule has 0 saturated carbocycles. The predicted octanol–water partition coefficient (Wildman–Crippen LogP) is 5.56. The normalized spacial score (nSPS) is 15.9. The van der Waals surface area contributed by atoms with Crippen molar-refractivity contribution in [2.75, 3.05) is 26.2 Å². The second-order valence-electron chi connectivity index (χ2n) is 12.5. The highest BCUT2D eigenvalue weighted by atomic mass is 32.1. The van der Waals surface area contributed by atoms with Gasteiger partial charge in [0, 0.05) is 60.2 Å².